The van der Waals surface area contributed by atoms with Gasteiger partial charge in [0.1, 0.15) is 16.9 Å². The van der Waals surface area contributed by atoms with Crippen LogP contribution >= 0.6 is 0 Å². The highest BCUT2D eigenvalue weighted by Crippen LogP contribution is 2.39. The van der Waals surface area contributed by atoms with Gasteiger partial charge < -0.3 is 19.8 Å². The van der Waals surface area contributed by atoms with Crippen LogP contribution in [0.1, 0.15) is 46.3 Å². The van der Waals surface area contributed by atoms with Gasteiger partial charge in [-0.2, -0.15) is 0 Å². The average Bonchev–Trinajstić information content (AvgIpc) is 3.37. The number of amides is 2. The lowest BCUT2D eigenvalue weighted by atomic mass is 9.95. The van der Waals surface area contributed by atoms with Gasteiger partial charge in [0.15, 0.2) is 0 Å². The molecule has 1 saturated carbocycles. The lowest BCUT2D eigenvalue weighted by Crippen LogP contribution is -2.55. The molecule has 6 nitrogen and oxygen atoms in total. The summed E-state index contributed by atoms with van der Waals surface area (Å²) >= 11 is 0. The Morgan fingerprint density at radius 1 is 1.21 bits per heavy atom. The van der Waals surface area contributed by atoms with E-state index in [1.54, 1.807) is 6.08 Å². The minimum absolute atomic E-state index is 0.221. The first-order valence-electron chi connectivity index (χ1n) is 9.60. The number of hydrogen-bond acceptors (Lipinski definition) is 4. The molecule has 2 aromatic rings. The number of alkyl carbamates (subject to hydrolysis) is 1. The molecule has 1 fully saturated rings. The summed E-state index contributed by atoms with van der Waals surface area (Å²) in [6, 6.07) is 9.59. The number of carbonyl (C=O) groups excluding carboxylic acids is 2. The molecule has 1 atom stereocenters. The van der Waals surface area contributed by atoms with E-state index in [2.05, 4.69) is 10.6 Å². The molecule has 6 heteroatoms. The van der Waals surface area contributed by atoms with Crippen molar-refractivity contribution in [3.05, 3.63) is 42.2 Å². The number of furan rings is 1. The summed E-state index contributed by atoms with van der Waals surface area (Å²) in [6.07, 6.45) is 4.70. The minimum atomic E-state index is -0.557. The van der Waals surface area contributed by atoms with Crippen LogP contribution in [0.4, 0.5) is 4.79 Å². The Morgan fingerprint density at radius 3 is 2.57 bits per heavy atom. The van der Waals surface area contributed by atoms with Gasteiger partial charge in [0.2, 0.25) is 5.91 Å². The molecule has 0 saturated heterocycles. The molecule has 0 spiro atoms. The molecule has 0 radical (unpaired) electrons. The van der Waals surface area contributed by atoms with E-state index in [0.29, 0.717) is 18.2 Å². The molecule has 1 heterocycles. The molecule has 1 aromatic heterocycles. The molecule has 0 bridgehead atoms. The Balaban J connectivity index is 1.59. The Hall–Kier alpha value is -2.76. The number of benzene rings is 1. The van der Waals surface area contributed by atoms with E-state index in [-0.39, 0.29) is 5.91 Å². The predicted molar refractivity (Wildman–Crippen MR) is 109 cm³/mol. The topological polar surface area (TPSA) is 80.6 Å². The van der Waals surface area contributed by atoms with Crippen molar-refractivity contribution >= 4 is 29.0 Å². The summed E-state index contributed by atoms with van der Waals surface area (Å²) in [7, 11) is 0. The number of carbonyl (C=O) groups is 2. The summed E-state index contributed by atoms with van der Waals surface area (Å²) in [5.74, 6) is 0.739. The molecule has 1 aromatic carbocycles. The predicted octanol–water partition coefficient (Wildman–Crippen LogP) is 4.26. The molecule has 1 unspecified atom stereocenters. The monoisotopic (exact) mass is 384 g/mol. The number of para-hydroxylation sites is 1. The van der Waals surface area contributed by atoms with Crippen molar-refractivity contribution in [1.29, 1.82) is 0 Å². The highest BCUT2D eigenvalue weighted by atomic mass is 16.6. The number of rotatable bonds is 6. The number of nitrogens with one attached hydrogen (secondary N) is 2. The fourth-order valence-electron chi connectivity index (χ4n) is 3.15. The molecule has 28 heavy (non-hydrogen) atoms. The maximum Gasteiger partial charge on any atom is 0.407 e. The van der Waals surface area contributed by atoms with Crippen LogP contribution in [0.25, 0.3) is 17.0 Å². The van der Waals surface area contributed by atoms with E-state index in [1.807, 2.05) is 58.0 Å². The molecule has 0 aliphatic heterocycles. The third-order valence-corrected chi connectivity index (χ3v) is 4.73. The van der Waals surface area contributed by atoms with Gasteiger partial charge in [-0.05, 0) is 64.7 Å². The van der Waals surface area contributed by atoms with Crippen LogP contribution in [0.15, 0.2) is 40.8 Å². The largest absolute Gasteiger partial charge is 0.457 e. The van der Waals surface area contributed by atoms with Crippen LogP contribution in [0.2, 0.25) is 0 Å². The highest BCUT2D eigenvalue weighted by molar-refractivity contribution is 5.92. The zero-order valence-corrected chi connectivity index (χ0v) is 16.9. The Bertz CT molecular complexity index is 856. The molecule has 1 aliphatic carbocycles. The summed E-state index contributed by atoms with van der Waals surface area (Å²) in [4.78, 5) is 24.4. The second kappa shape index (κ2) is 7.70. The van der Waals surface area contributed by atoms with Crippen LogP contribution in [-0.2, 0) is 9.53 Å². The van der Waals surface area contributed by atoms with E-state index in [9.17, 15) is 9.59 Å². The molecule has 1 aliphatic rings. The maximum atomic E-state index is 12.5. The standard InChI is InChI=1S/C22H28N2O4/c1-21(2,3)28-20(26)23-14-22(4,16-9-10-16)24-19(25)12-11-17-13-15-7-5-6-8-18(15)27-17/h5-8,11-13,16H,9-10,14H2,1-4H3,(H,23,26)(H,24,25)/b12-11+. The quantitative estimate of drug-likeness (QED) is 0.730. The van der Waals surface area contributed by atoms with Crippen molar-refractivity contribution < 1.29 is 18.7 Å². The summed E-state index contributed by atoms with van der Waals surface area (Å²) in [6.45, 7) is 7.72. The molecular formula is C22H28N2O4. The van der Waals surface area contributed by atoms with E-state index >= 15 is 0 Å². The average molecular weight is 384 g/mol. The van der Waals surface area contributed by atoms with Crippen molar-refractivity contribution in [2.45, 2.75) is 51.7 Å². The van der Waals surface area contributed by atoms with Gasteiger partial charge in [-0.25, -0.2) is 4.79 Å². The van der Waals surface area contributed by atoms with Crippen LogP contribution in [0, 0.1) is 5.92 Å². The third kappa shape index (κ3) is 5.38. The van der Waals surface area contributed by atoms with Crippen LogP contribution in [0.5, 0.6) is 0 Å². The second-order valence-electron chi connectivity index (χ2n) is 8.56. The lowest BCUT2D eigenvalue weighted by molar-refractivity contribution is -0.118. The second-order valence-corrected chi connectivity index (χ2v) is 8.56. The van der Waals surface area contributed by atoms with Crippen molar-refractivity contribution in [3.63, 3.8) is 0 Å². The van der Waals surface area contributed by atoms with Gasteiger partial charge in [0, 0.05) is 18.0 Å². The minimum Gasteiger partial charge on any atom is -0.457 e. The van der Waals surface area contributed by atoms with E-state index in [1.165, 1.54) is 6.08 Å². The normalized spacial score (nSPS) is 16.7. The lowest BCUT2D eigenvalue weighted by Gasteiger charge is -2.31. The van der Waals surface area contributed by atoms with Crippen LogP contribution in [-0.4, -0.2) is 29.7 Å². The zero-order chi connectivity index (χ0) is 20.4. The van der Waals surface area contributed by atoms with E-state index < -0.39 is 17.2 Å². The first-order valence-corrected chi connectivity index (χ1v) is 9.60. The highest BCUT2D eigenvalue weighted by Gasteiger charge is 2.42. The first-order chi connectivity index (χ1) is 13.1. The number of hydrogen-bond donors (Lipinski definition) is 2. The van der Waals surface area contributed by atoms with Crippen LogP contribution < -0.4 is 10.6 Å². The van der Waals surface area contributed by atoms with Crippen molar-refractivity contribution in [2.24, 2.45) is 5.92 Å². The van der Waals surface area contributed by atoms with Crippen LogP contribution in [0.3, 0.4) is 0 Å². The Morgan fingerprint density at radius 2 is 1.93 bits per heavy atom. The molecule has 3 rings (SSSR count). The van der Waals surface area contributed by atoms with Gasteiger partial charge in [0.05, 0.1) is 5.54 Å². The number of fused-ring (bicyclic) bond motifs is 1. The van der Waals surface area contributed by atoms with Crippen molar-refractivity contribution in [1.82, 2.24) is 10.6 Å². The van der Waals surface area contributed by atoms with Crippen molar-refractivity contribution in [3.8, 4) is 0 Å². The summed E-state index contributed by atoms with van der Waals surface area (Å²) < 4.78 is 11.0. The van der Waals surface area contributed by atoms with E-state index in [0.717, 1.165) is 23.8 Å². The fraction of sp³-hybridized carbons (Fsp3) is 0.455. The Kier molecular flexibility index (Phi) is 5.49. The summed E-state index contributed by atoms with van der Waals surface area (Å²) in [5.41, 5.74) is -0.294. The first kappa shape index (κ1) is 20.0. The third-order valence-electron chi connectivity index (χ3n) is 4.73. The molecule has 2 N–H and O–H groups in total. The van der Waals surface area contributed by atoms with E-state index in [4.69, 9.17) is 9.15 Å². The fourth-order valence-corrected chi connectivity index (χ4v) is 3.15. The maximum absolute atomic E-state index is 12.5. The van der Waals surface area contributed by atoms with Gasteiger partial charge in [-0.1, -0.05) is 18.2 Å². The summed E-state index contributed by atoms with van der Waals surface area (Å²) in [5, 5.41) is 6.81. The SMILES string of the molecule is CC(C)(C)OC(=O)NCC(C)(NC(=O)/C=C/c1cc2ccccc2o1)C1CC1. The molecular weight excluding hydrogens is 356 g/mol. The zero-order valence-electron chi connectivity index (χ0n) is 16.9. The van der Waals surface area contributed by atoms with Gasteiger partial charge in [-0.15, -0.1) is 0 Å². The Labute approximate surface area is 165 Å². The van der Waals surface area contributed by atoms with Crippen molar-refractivity contribution in [2.75, 3.05) is 6.54 Å². The van der Waals surface area contributed by atoms with Gasteiger partial charge in [0.25, 0.3) is 0 Å². The molecule has 2 amide bonds. The van der Waals surface area contributed by atoms with Gasteiger partial charge in [-0.3, -0.25) is 4.79 Å². The number of ether oxygens (including phenoxy) is 1. The molecule has 150 valence electrons. The smallest absolute Gasteiger partial charge is 0.407 e. The van der Waals surface area contributed by atoms with Gasteiger partial charge >= 0.3 is 6.09 Å².